The number of guanidine groups is 1. The van der Waals surface area contributed by atoms with E-state index >= 15 is 0 Å². The number of ether oxygens (including phenoxy) is 1. The van der Waals surface area contributed by atoms with Gasteiger partial charge in [-0.05, 0) is 68.4 Å². The van der Waals surface area contributed by atoms with Crippen LogP contribution in [0.25, 0.3) is 6.08 Å². The van der Waals surface area contributed by atoms with Crippen LogP contribution in [0.3, 0.4) is 0 Å². The van der Waals surface area contributed by atoms with E-state index in [-0.39, 0.29) is 41.7 Å². The fourth-order valence-electron chi connectivity index (χ4n) is 7.43. The van der Waals surface area contributed by atoms with Crippen molar-refractivity contribution < 1.29 is 24.5 Å². The first kappa shape index (κ1) is 30.7. The van der Waals surface area contributed by atoms with Crippen molar-refractivity contribution in [2.45, 2.75) is 71.1 Å². The molecule has 1 aromatic heterocycles. The SMILES string of the molecule is C=C1CCC2[C@](C)(CC[C@@H](O)[C@@]2(C)CO)C1CC(NC(C)C(=O)NC1=NCC=N1)C1=C/C(=C\c2cnc(N)nc2)OC1=O. The second-order valence-corrected chi connectivity index (χ2v) is 12.6. The highest BCUT2D eigenvalue weighted by Gasteiger charge is 2.58. The molecule has 2 aliphatic carbocycles. The van der Waals surface area contributed by atoms with Crippen LogP contribution in [0, 0.1) is 22.7 Å². The zero-order valence-electron chi connectivity index (χ0n) is 24.9. The number of fused-ring (bicyclic) bond motifs is 1. The van der Waals surface area contributed by atoms with Crippen LogP contribution in [0.4, 0.5) is 5.95 Å². The quantitative estimate of drug-likeness (QED) is 0.223. The van der Waals surface area contributed by atoms with Crippen molar-refractivity contribution in [2.24, 2.45) is 32.7 Å². The molecule has 2 fully saturated rings. The van der Waals surface area contributed by atoms with Crippen molar-refractivity contribution in [3.8, 4) is 0 Å². The Labute approximate surface area is 251 Å². The van der Waals surface area contributed by atoms with Gasteiger partial charge in [0.25, 0.3) is 0 Å². The minimum absolute atomic E-state index is 0.0478. The molecular weight excluding hydrogens is 550 g/mol. The first-order valence-corrected chi connectivity index (χ1v) is 14.8. The highest BCUT2D eigenvalue weighted by Crippen LogP contribution is 2.62. The Hall–Kier alpha value is -3.74. The number of rotatable bonds is 8. The molecule has 2 saturated carbocycles. The number of allylic oxidation sites excluding steroid dienone is 2. The number of aliphatic hydroxyl groups excluding tert-OH is 2. The van der Waals surface area contributed by atoms with E-state index in [1.807, 2.05) is 6.92 Å². The fourth-order valence-corrected chi connectivity index (χ4v) is 7.43. The summed E-state index contributed by atoms with van der Waals surface area (Å²) in [5.74, 6) is -0.121. The first-order valence-electron chi connectivity index (χ1n) is 14.8. The molecule has 6 N–H and O–H groups in total. The second-order valence-electron chi connectivity index (χ2n) is 12.6. The molecule has 1 aromatic rings. The molecular formula is C31H41N7O5. The third-order valence-electron chi connectivity index (χ3n) is 9.90. The number of anilines is 1. The van der Waals surface area contributed by atoms with E-state index in [0.29, 0.717) is 36.3 Å². The Kier molecular flexibility index (Phi) is 8.64. The lowest BCUT2D eigenvalue weighted by atomic mass is 9.46. The number of esters is 1. The molecule has 7 atom stereocenters. The number of carbonyl (C=O) groups excluding carboxylic acids is 2. The lowest BCUT2D eigenvalue weighted by molar-refractivity contribution is -0.153. The van der Waals surface area contributed by atoms with E-state index in [0.717, 1.165) is 24.8 Å². The standard InChI is InChI=1S/C31H41N7O5/c1-17-5-6-24-30(3,8-7-25(40)31(24,4)16-39)22(17)13-23(37-18(2)26(41)38-29-33-9-10-34-29)21-12-20(43-27(21)42)11-19-14-35-28(32)36-15-19/h9,11-12,14-15,18,22-25,37,39-40H,1,5-8,10,13,16H2,2-4H3,(H2,32,35,36)(H,34,38,41)/b20-11+/t18?,22?,23?,24?,25-,30-,31+/m1/s1. The van der Waals surface area contributed by atoms with E-state index in [4.69, 9.17) is 10.5 Å². The smallest absolute Gasteiger partial charge is 0.341 e. The molecule has 0 aromatic carbocycles. The fraction of sp³-hybridized carbons (Fsp3) is 0.548. The summed E-state index contributed by atoms with van der Waals surface area (Å²) in [5, 5.41) is 27.5. The van der Waals surface area contributed by atoms with Crippen molar-refractivity contribution in [1.29, 1.82) is 0 Å². The van der Waals surface area contributed by atoms with Crippen LogP contribution in [0.1, 0.15) is 58.4 Å². The van der Waals surface area contributed by atoms with Gasteiger partial charge in [-0.15, -0.1) is 0 Å². The normalized spacial score (nSPS) is 32.6. The van der Waals surface area contributed by atoms with Crippen molar-refractivity contribution in [3.63, 3.8) is 0 Å². The summed E-state index contributed by atoms with van der Waals surface area (Å²) in [6, 6.07) is -1.27. The molecule has 0 bridgehead atoms. The van der Waals surface area contributed by atoms with Gasteiger partial charge in [0.05, 0.1) is 30.9 Å². The van der Waals surface area contributed by atoms with Crippen molar-refractivity contribution in [1.82, 2.24) is 20.6 Å². The molecule has 12 heteroatoms. The van der Waals surface area contributed by atoms with Gasteiger partial charge in [0, 0.05) is 35.6 Å². The molecule has 3 heterocycles. The number of nitrogens with two attached hydrogens (primary N) is 1. The van der Waals surface area contributed by atoms with Gasteiger partial charge in [-0.25, -0.2) is 24.7 Å². The number of hydrogen-bond donors (Lipinski definition) is 5. The third-order valence-corrected chi connectivity index (χ3v) is 9.90. The molecule has 5 rings (SSSR count). The minimum Gasteiger partial charge on any atom is -0.423 e. The summed E-state index contributed by atoms with van der Waals surface area (Å²) < 4.78 is 5.63. The van der Waals surface area contributed by atoms with E-state index in [1.54, 1.807) is 25.3 Å². The number of amides is 1. The van der Waals surface area contributed by atoms with Crippen LogP contribution in [0.15, 0.2) is 51.9 Å². The van der Waals surface area contributed by atoms with Crippen LogP contribution in [0.2, 0.25) is 0 Å². The van der Waals surface area contributed by atoms with Gasteiger partial charge >= 0.3 is 5.97 Å². The Morgan fingerprint density at radius 1 is 1.30 bits per heavy atom. The number of carbonyl (C=O) groups is 2. The molecule has 2 aliphatic heterocycles. The summed E-state index contributed by atoms with van der Waals surface area (Å²) in [7, 11) is 0. The van der Waals surface area contributed by atoms with Gasteiger partial charge in [-0.3, -0.25) is 15.4 Å². The van der Waals surface area contributed by atoms with E-state index in [2.05, 4.69) is 44.1 Å². The zero-order chi connectivity index (χ0) is 30.9. The Morgan fingerprint density at radius 2 is 2.05 bits per heavy atom. The van der Waals surface area contributed by atoms with Crippen molar-refractivity contribution in [2.75, 3.05) is 18.9 Å². The Morgan fingerprint density at radius 3 is 2.72 bits per heavy atom. The summed E-state index contributed by atoms with van der Waals surface area (Å²) in [6.07, 6.45) is 10.8. The second kappa shape index (κ2) is 12.1. The summed E-state index contributed by atoms with van der Waals surface area (Å²) in [4.78, 5) is 42.6. The minimum atomic E-state index is -0.702. The number of nitrogens with zero attached hydrogens (tertiary/aromatic N) is 4. The Balaban J connectivity index is 1.46. The van der Waals surface area contributed by atoms with Crippen LogP contribution in [0.5, 0.6) is 0 Å². The number of nitrogen functional groups attached to an aromatic ring is 1. The first-order chi connectivity index (χ1) is 20.4. The molecule has 230 valence electrons. The molecule has 12 nitrogen and oxygen atoms in total. The summed E-state index contributed by atoms with van der Waals surface area (Å²) in [5.41, 5.74) is 6.74. The van der Waals surface area contributed by atoms with Gasteiger partial charge in [-0.2, -0.15) is 0 Å². The third kappa shape index (κ3) is 6.04. The van der Waals surface area contributed by atoms with E-state index in [1.165, 1.54) is 12.4 Å². The maximum atomic E-state index is 13.3. The zero-order valence-corrected chi connectivity index (χ0v) is 24.9. The maximum Gasteiger partial charge on any atom is 0.341 e. The number of hydrogen-bond acceptors (Lipinski definition) is 11. The van der Waals surface area contributed by atoms with E-state index < -0.39 is 29.6 Å². The molecule has 0 spiro atoms. The predicted octanol–water partition coefficient (Wildman–Crippen LogP) is 1.92. The lowest BCUT2D eigenvalue weighted by Crippen LogP contribution is -2.58. The van der Waals surface area contributed by atoms with Crippen LogP contribution in [-0.2, 0) is 14.3 Å². The molecule has 4 aliphatic rings. The Bertz CT molecular complexity index is 1400. The topological polar surface area (TPSA) is 184 Å². The number of aliphatic imine (C=N–C) groups is 2. The number of aliphatic hydroxyl groups is 2. The summed E-state index contributed by atoms with van der Waals surface area (Å²) in [6.45, 7) is 10.7. The van der Waals surface area contributed by atoms with Gasteiger partial charge in [0.1, 0.15) is 5.76 Å². The highest BCUT2D eigenvalue weighted by atomic mass is 16.5. The van der Waals surface area contributed by atoms with Crippen LogP contribution in [-0.4, -0.2) is 75.6 Å². The molecule has 4 unspecified atom stereocenters. The molecule has 0 saturated heterocycles. The number of aromatic nitrogens is 2. The largest absolute Gasteiger partial charge is 0.423 e. The van der Waals surface area contributed by atoms with Gasteiger partial charge < -0.3 is 20.7 Å². The average molecular weight is 592 g/mol. The van der Waals surface area contributed by atoms with Crippen molar-refractivity contribution >= 4 is 36.1 Å². The maximum absolute atomic E-state index is 13.3. The monoisotopic (exact) mass is 591 g/mol. The number of cyclic esters (lactones) is 1. The van der Waals surface area contributed by atoms with E-state index in [9.17, 15) is 19.8 Å². The average Bonchev–Trinajstić information content (AvgIpc) is 3.62. The number of nitrogens with one attached hydrogen (secondary N) is 2. The highest BCUT2D eigenvalue weighted by molar-refractivity contribution is 6.04. The molecule has 43 heavy (non-hydrogen) atoms. The summed E-state index contributed by atoms with van der Waals surface area (Å²) >= 11 is 0. The van der Waals surface area contributed by atoms with Crippen LogP contribution >= 0.6 is 0 Å². The predicted molar refractivity (Wildman–Crippen MR) is 162 cm³/mol. The van der Waals surface area contributed by atoms with Crippen molar-refractivity contribution in [3.05, 3.63) is 47.5 Å². The van der Waals surface area contributed by atoms with Gasteiger partial charge in [-0.1, -0.05) is 26.0 Å². The van der Waals surface area contributed by atoms with Gasteiger partial charge in [0.15, 0.2) is 0 Å². The van der Waals surface area contributed by atoms with Crippen LogP contribution < -0.4 is 16.4 Å². The lowest BCUT2D eigenvalue weighted by Gasteiger charge is -2.60. The molecule has 0 radical (unpaired) electrons. The van der Waals surface area contributed by atoms with Gasteiger partial charge in [0.2, 0.25) is 17.8 Å². The molecule has 1 amide bonds.